The second kappa shape index (κ2) is 20.6. The zero-order valence-electron chi connectivity index (χ0n) is 29.8. The molecule has 0 radical (unpaired) electrons. The lowest BCUT2D eigenvalue weighted by molar-refractivity contribution is -0.145. The van der Waals surface area contributed by atoms with E-state index in [9.17, 15) is 24.3 Å². The molecule has 54 heavy (non-hydrogen) atoms. The van der Waals surface area contributed by atoms with E-state index >= 15 is 0 Å². The zero-order valence-corrected chi connectivity index (χ0v) is 30.6. The first kappa shape index (κ1) is 39.6. The number of hydrogen-bond acceptors (Lipinski definition) is 14. The molecule has 0 aliphatic heterocycles. The third kappa shape index (κ3) is 11.7. The SMILES string of the molecule is C=CC(=O)OCCCCCCOc1ccc(OC(=O)C2CCC(C(=O)Oc3ccc(OC=O)cc3/C=N/N(CCO)c3nc4ccccc4s3)CC2)cc1. The Bertz CT molecular complexity index is 1870. The number of aromatic nitrogens is 1. The Morgan fingerprint density at radius 2 is 1.54 bits per heavy atom. The average molecular weight is 758 g/mol. The Morgan fingerprint density at radius 1 is 0.870 bits per heavy atom. The molecule has 0 spiro atoms. The summed E-state index contributed by atoms with van der Waals surface area (Å²) in [6.45, 7) is 4.59. The first-order chi connectivity index (χ1) is 26.4. The summed E-state index contributed by atoms with van der Waals surface area (Å²) in [4.78, 5) is 53.0. The van der Waals surface area contributed by atoms with Gasteiger partial charge in [0.05, 0.1) is 54.6 Å². The summed E-state index contributed by atoms with van der Waals surface area (Å²) in [5.41, 5.74) is 1.18. The standard InChI is InChI=1S/C40H43N3O10S/c1-2-37(46)50-24-8-4-3-7-23-49-31-15-17-32(18-16-31)52-38(47)28-11-13-29(14-12-28)39(48)53-35-20-19-33(51-27-45)25-30(35)26-41-43(21-22-44)40-42-34-9-5-6-10-36(34)54-40/h2,5-6,9-10,15-20,25-29,44H,1,3-4,7-8,11-14,21-24H2/b41-26+. The average Bonchev–Trinajstić information content (AvgIpc) is 3.63. The first-order valence-electron chi connectivity index (χ1n) is 17.8. The van der Waals surface area contributed by atoms with Crippen LogP contribution >= 0.6 is 11.3 Å². The van der Waals surface area contributed by atoms with Gasteiger partial charge in [0.15, 0.2) is 0 Å². The number of carbonyl (C=O) groups is 4. The summed E-state index contributed by atoms with van der Waals surface area (Å²) in [5, 5.41) is 16.3. The molecule has 0 amide bonds. The van der Waals surface area contributed by atoms with E-state index in [0.717, 1.165) is 42.0 Å². The monoisotopic (exact) mass is 757 g/mol. The maximum Gasteiger partial charge on any atom is 0.330 e. The fourth-order valence-corrected chi connectivity index (χ4v) is 6.74. The number of benzene rings is 3. The van der Waals surface area contributed by atoms with Crippen molar-refractivity contribution in [3.8, 4) is 23.0 Å². The maximum absolute atomic E-state index is 13.3. The molecule has 4 aromatic rings. The summed E-state index contributed by atoms with van der Waals surface area (Å²) in [6, 6.07) is 19.1. The third-order valence-electron chi connectivity index (χ3n) is 8.68. The predicted octanol–water partition coefficient (Wildman–Crippen LogP) is 6.65. The van der Waals surface area contributed by atoms with E-state index in [-0.39, 0.29) is 36.5 Å². The molecule has 0 saturated heterocycles. The molecule has 3 aromatic carbocycles. The first-order valence-corrected chi connectivity index (χ1v) is 18.7. The Kier molecular flexibility index (Phi) is 15.1. The molecule has 1 saturated carbocycles. The van der Waals surface area contributed by atoms with Gasteiger partial charge in [-0.1, -0.05) is 30.0 Å². The van der Waals surface area contributed by atoms with Crippen molar-refractivity contribution in [3.05, 3.63) is 84.9 Å². The number of rotatable bonds is 20. The molecule has 1 heterocycles. The zero-order chi connectivity index (χ0) is 38.1. The lowest BCUT2D eigenvalue weighted by Crippen LogP contribution is -2.30. The van der Waals surface area contributed by atoms with Crippen molar-refractivity contribution in [1.82, 2.24) is 4.98 Å². The lowest BCUT2D eigenvalue weighted by atomic mass is 9.82. The molecule has 284 valence electrons. The molecule has 13 nitrogen and oxygen atoms in total. The molecular weight excluding hydrogens is 715 g/mol. The van der Waals surface area contributed by atoms with E-state index in [1.807, 2.05) is 24.3 Å². The summed E-state index contributed by atoms with van der Waals surface area (Å²) in [5.74, 6) is -0.443. The Hall–Kier alpha value is -5.60. The van der Waals surface area contributed by atoms with Crippen LogP contribution < -0.4 is 24.0 Å². The normalized spacial score (nSPS) is 15.4. The molecule has 5 rings (SSSR count). The minimum absolute atomic E-state index is 0.169. The van der Waals surface area contributed by atoms with Crippen molar-refractivity contribution in [2.45, 2.75) is 51.4 Å². The van der Waals surface area contributed by atoms with Gasteiger partial charge in [0, 0.05) is 11.6 Å². The molecule has 1 aliphatic carbocycles. The van der Waals surface area contributed by atoms with Gasteiger partial charge in [0.2, 0.25) is 5.13 Å². The Labute approximate surface area is 317 Å². The van der Waals surface area contributed by atoms with Gasteiger partial charge in [0.1, 0.15) is 23.0 Å². The highest BCUT2D eigenvalue weighted by molar-refractivity contribution is 7.22. The predicted molar refractivity (Wildman–Crippen MR) is 203 cm³/mol. The topological polar surface area (TPSA) is 163 Å². The van der Waals surface area contributed by atoms with E-state index in [1.165, 1.54) is 35.8 Å². The number of fused-ring (bicyclic) bond motifs is 1. The van der Waals surface area contributed by atoms with Crippen LogP contribution in [0.25, 0.3) is 10.2 Å². The third-order valence-corrected chi connectivity index (χ3v) is 9.73. The molecule has 1 aliphatic rings. The van der Waals surface area contributed by atoms with Crippen LogP contribution in [0.5, 0.6) is 23.0 Å². The molecule has 1 fully saturated rings. The number of anilines is 1. The minimum Gasteiger partial charge on any atom is -0.494 e. The van der Waals surface area contributed by atoms with Crippen LogP contribution in [0.4, 0.5) is 5.13 Å². The van der Waals surface area contributed by atoms with E-state index in [0.29, 0.717) is 67.6 Å². The molecular formula is C40H43N3O10S. The minimum atomic E-state index is -0.441. The van der Waals surface area contributed by atoms with Gasteiger partial charge in [-0.15, -0.1) is 0 Å². The summed E-state index contributed by atoms with van der Waals surface area (Å²) in [6.07, 6.45) is 7.96. The van der Waals surface area contributed by atoms with Crippen molar-refractivity contribution in [2.75, 3.05) is 31.4 Å². The number of unbranched alkanes of at least 4 members (excludes halogenated alkanes) is 3. The van der Waals surface area contributed by atoms with Crippen LogP contribution in [0.15, 0.2) is 84.5 Å². The smallest absolute Gasteiger partial charge is 0.330 e. The van der Waals surface area contributed by atoms with Crippen molar-refractivity contribution in [2.24, 2.45) is 16.9 Å². The van der Waals surface area contributed by atoms with Crippen molar-refractivity contribution < 1.29 is 48.0 Å². The number of hydrazone groups is 1. The molecule has 0 unspecified atom stereocenters. The highest BCUT2D eigenvalue weighted by Gasteiger charge is 2.32. The second-order valence-electron chi connectivity index (χ2n) is 12.5. The second-order valence-corrected chi connectivity index (χ2v) is 13.5. The number of thiazole rings is 1. The number of aliphatic hydroxyl groups is 1. The van der Waals surface area contributed by atoms with Gasteiger partial charge in [-0.25, -0.2) is 14.8 Å². The van der Waals surface area contributed by atoms with Gasteiger partial charge < -0.3 is 28.8 Å². The number of nitrogens with zero attached hydrogens (tertiary/aromatic N) is 3. The number of para-hydroxylation sites is 1. The van der Waals surface area contributed by atoms with Crippen LogP contribution in [0.3, 0.4) is 0 Å². The van der Waals surface area contributed by atoms with E-state index < -0.39 is 17.9 Å². The van der Waals surface area contributed by atoms with Crippen LogP contribution in [-0.4, -0.2) is 67.1 Å². The Morgan fingerprint density at radius 3 is 2.22 bits per heavy atom. The van der Waals surface area contributed by atoms with Gasteiger partial charge >= 0.3 is 17.9 Å². The quantitative estimate of drug-likeness (QED) is 0.0195. The highest BCUT2D eigenvalue weighted by Crippen LogP contribution is 2.33. The van der Waals surface area contributed by atoms with Gasteiger partial charge in [0.25, 0.3) is 6.47 Å². The van der Waals surface area contributed by atoms with E-state index in [4.69, 9.17) is 23.7 Å². The van der Waals surface area contributed by atoms with E-state index in [2.05, 4.69) is 16.7 Å². The van der Waals surface area contributed by atoms with E-state index in [1.54, 1.807) is 29.3 Å². The van der Waals surface area contributed by atoms with Crippen LogP contribution in [0.1, 0.15) is 56.9 Å². The number of aliphatic hydroxyl groups excluding tert-OH is 1. The van der Waals surface area contributed by atoms with Gasteiger partial charge in [-0.2, -0.15) is 5.10 Å². The Balaban J connectivity index is 1.09. The van der Waals surface area contributed by atoms with Crippen molar-refractivity contribution >= 4 is 57.3 Å². The number of ether oxygens (including phenoxy) is 5. The van der Waals surface area contributed by atoms with Gasteiger partial charge in [-0.05, 0) is 106 Å². The molecule has 0 atom stereocenters. The van der Waals surface area contributed by atoms with Crippen LogP contribution in [0.2, 0.25) is 0 Å². The summed E-state index contributed by atoms with van der Waals surface area (Å²) in [7, 11) is 0. The number of esters is 3. The largest absolute Gasteiger partial charge is 0.494 e. The number of hydrogen-bond donors (Lipinski definition) is 1. The van der Waals surface area contributed by atoms with Crippen LogP contribution in [-0.2, 0) is 23.9 Å². The van der Waals surface area contributed by atoms with Crippen molar-refractivity contribution in [1.29, 1.82) is 0 Å². The van der Waals surface area contributed by atoms with Crippen molar-refractivity contribution in [3.63, 3.8) is 0 Å². The lowest BCUT2D eigenvalue weighted by Gasteiger charge is -2.26. The molecule has 0 bridgehead atoms. The van der Waals surface area contributed by atoms with Gasteiger partial charge in [-0.3, -0.25) is 14.4 Å². The fourth-order valence-electron chi connectivity index (χ4n) is 5.79. The van der Waals surface area contributed by atoms with Crippen LogP contribution in [0, 0.1) is 11.8 Å². The summed E-state index contributed by atoms with van der Waals surface area (Å²) < 4.78 is 28.2. The molecule has 14 heteroatoms. The maximum atomic E-state index is 13.3. The molecule has 1 N–H and O–H groups in total. The number of carbonyl (C=O) groups excluding carboxylic acids is 4. The summed E-state index contributed by atoms with van der Waals surface area (Å²) >= 11 is 1.42. The molecule has 1 aromatic heterocycles. The fraction of sp³-hybridized carbons (Fsp3) is 0.350. The highest BCUT2D eigenvalue weighted by atomic mass is 32.1.